The number of rotatable bonds is 5. The van der Waals surface area contributed by atoms with Gasteiger partial charge in [0.1, 0.15) is 17.9 Å². The molecule has 0 aliphatic carbocycles. The lowest BCUT2D eigenvalue weighted by atomic mass is 10.0. The third kappa shape index (κ3) is 3.87. The van der Waals surface area contributed by atoms with Crippen molar-refractivity contribution in [2.75, 3.05) is 31.1 Å². The Balaban J connectivity index is 1.55. The van der Waals surface area contributed by atoms with Gasteiger partial charge in [-0.2, -0.15) is 0 Å². The van der Waals surface area contributed by atoms with Gasteiger partial charge in [0.25, 0.3) is 0 Å². The predicted molar refractivity (Wildman–Crippen MR) is 113 cm³/mol. The zero-order valence-corrected chi connectivity index (χ0v) is 17.2. The van der Waals surface area contributed by atoms with Crippen molar-refractivity contribution >= 4 is 11.5 Å². The fourth-order valence-electron chi connectivity index (χ4n) is 3.84. The molecular weight excluding hydrogens is 350 g/mol. The minimum Gasteiger partial charge on any atom is -0.491 e. The van der Waals surface area contributed by atoms with E-state index in [-0.39, 0.29) is 6.10 Å². The maximum atomic E-state index is 5.87. The predicted octanol–water partition coefficient (Wildman–Crippen LogP) is 3.15. The molecular formula is C22H29N5O. The van der Waals surface area contributed by atoms with Crippen LogP contribution in [0.4, 0.5) is 5.82 Å². The van der Waals surface area contributed by atoms with Gasteiger partial charge in [-0.3, -0.25) is 9.89 Å². The molecule has 0 amide bonds. The quantitative estimate of drug-likeness (QED) is 0.799. The van der Waals surface area contributed by atoms with Crippen molar-refractivity contribution in [2.45, 2.75) is 46.4 Å². The smallest absolute Gasteiger partial charge is 0.132 e. The lowest BCUT2D eigenvalue weighted by Crippen LogP contribution is -2.49. The second-order valence-corrected chi connectivity index (χ2v) is 8.03. The Kier molecular flexibility index (Phi) is 5.31. The van der Waals surface area contributed by atoms with Gasteiger partial charge in [0.15, 0.2) is 0 Å². The summed E-state index contributed by atoms with van der Waals surface area (Å²) in [7, 11) is 0. The zero-order valence-electron chi connectivity index (χ0n) is 17.2. The van der Waals surface area contributed by atoms with Gasteiger partial charge in [-0.05, 0) is 45.4 Å². The lowest BCUT2D eigenvalue weighted by Gasteiger charge is -2.37. The number of ether oxygens (including phenoxy) is 1. The highest BCUT2D eigenvalue weighted by molar-refractivity contribution is 6.14. The zero-order chi connectivity index (χ0) is 19.7. The Morgan fingerprint density at radius 2 is 1.75 bits per heavy atom. The number of aliphatic imine (C=N–C) groups is 1. The van der Waals surface area contributed by atoms with Crippen LogP contribution in [0.3, 0.4) is 0 Å². The van der Waals surface area contributed by atoms with Crippen LogP contribution in [0, 0.1) is 0 Å². The van der Waals surface area contributed by atoms with Crippen LogP contribution < -0.4 is 9.64 Å². The summed E-state index contributed by atoms with van der Waals surface area (Å²) >= 11 is 0. The maximum absolute atomic E-state index is 5.87. The summed E-state index contributed by atoms with van der Waals surface area (Å²) in [6, 6.07) is 8.89. The Hall–Kier alpha value is -2.47. The molecule has 0 bridgehead atoms. The molecule has 2 aliphatic rings. The molecule has 2 aliphatic heterocycles. The summed E-state index contributed by atoms with van der Waals surface area (Å²) in [5, 5.41) is 0. The van der Waals surface area contributed by atoms with Crippen LogP contribution in [0.5, 0.6) is 5.75 Å². The normalized spacial score (nSPS) is 17.2. The molecule has 2 aromatic rings. The third-order valence-electron chi connectivity index (χ3n) is 5.38. The molecule has 4 rings (SSSR count). The van der Waals surface area contributed by atoms with Crippen LogP contribution in [-0.4, -0.2) is 58.9 Å². The van der Waals surface area contributed by atoms with Gasteiger partial charge in [-0.25, -0.2) is 9.97 Å². The minimum atomic E-state index is 0.148. The first-order valence-corrected chi connectivity index (χ1v) is 10.2. The number of aromatic nitrogens is 2. The molecule has 1 aromatic heterocycles. The van der Waals surface area contributed by atoms with E-state index >= 15 is 0 Å². The van der Waals surface area contributed by atoms with E-state index in [1.165, 1.54) is 5.56 Å². The molecule has 3 heterocycles. The van der Waals surface area contributed by atoms with Crippen molar-refractivity contribution in [3.05, 3.63) is 47.4 Å². The number of fused-ring (bicyclic) bond motifs is 1. The van der Waals surface area contributed by atoms with E-state index in [2.05, 4.69) is 51.8 Å². The van der Waals surface area contributed by atoms with Crippen LogP contribution >= 0.6 is 0 Å². The Labute approximate surface area is 167 Å². The van der Waals surface area contributed by atoms with E-state index in [4.69, 9.17) is 9.73 Å². The molecule has 28 heavy (non-hydrogen) atoms. The summed E-state index contributed by atoms with van der Waals surface area (Å²) < 4.78 is 5.87. The Morgan fingerprint density at radius 1 is 0.964 bits per heavy atom. The van der Waals surface area contributed by atoms with Gasteiger partial charge in [0.2, 0.25) is 0 Å². The second kappa shape index (κ2) is 7.87. The summed E-state index contributed by atoms with van der Waals surface area (Å²) in [6.45, 7) is 13.4. The summed E-state index contributed by atoms with van der Waals surface area (Å²) in [5.41, 5.74) is 4.16. The molecule has 0 N–H and O–H groups in total. The minimum absolute atomic E-state index is 0.148. The average molecular weight is 380 g/mol. The number of nitrogens with zero attached hydrogens (tertiary/aromatic N) is 5. The van der Waals surface area contributed by atoms with Gasteiger partial charge >= 0.3 is 0 Å². The van der Waals surface area contributed by atoms with E-state index in [9.17, 15) is 0 Å². The largest absolute Gasteiger partial charge is 0.491 e. The van der Waals surface area contributed by atoms with E-state index < -0.39 is 0 Å². The fourth-order valence-corrected chi connectivity index (χ4v) is 3.84. The molecule has 0 spiro atoms. The van der Waals surface area contributed by atoms with Crippen molar-refractivity contribution < 1.29 is 4.74 Å². The number of piperazine rings is 1. The molecule has 0 atom stereocenters. The molecule has 0 radical (unpaired) electrons. The van der Waals surface area contributed by atoms with E-state index in [1.807, 2.05) is 19.9 Å². The van der Waals surface area contributed by atoms with Gasteiger partial charge in [-0.1, -0.05) is 6.07 Å². The summed E-state index contributed by atoms with van der Waals surface area (Å²) in [5.74, 6) is 1.86. The van der Waals surface area contributed by atoms with Crippen LogP contribution in [0.15, 0.2) is 35.6 Å². The average Bonchev–Trinajstić information content (AvgIpc) is 3.11. The SMILES string of the molecule is CC(C)Oc1ccc2c(c1)C(c1cc(N3CCN(C(C)C)CC3)ncn1)=NC2. The highest BCUT2D eigenvalue weighted by atomic mass is 16.5. The monoisotopic (exact) mass is 379 g/mol. The molecule has 1 aromatic carbocycles. The first kappa shape index (κ1) is 18.9. The van der Waals surface area contributed by atoms with E-state index in [1.54, 1.807) is 6.33 Å². The van der Waals surface area contributed by atoms with Crippen LogP contribution in [0.1, 0.15) is 44.5 Å². The molecule has 148 valence electrons. The first-order chi connectivity index (χ1) is 13.5. The fraction of sp³-hybridized carbons (Fsp3) is 0.500. The molecule has 0 unspecified atom stereocenters. The standard InChI is InChI=1S/C22H29N5O/c1-15(2)26-7-9-27(10-8-26)21-12-20(24-14-25-21)22-19-11-18(28-16(3)4)6-5-17(19)13-23-22/h5-6,11-12,14-16H,7-10,13H2,1-4H3. The van der Waals surface area contributed by atoms with Crippen molar-refractivity contribution in [3.63, 3.8) is 0 Å². The van der Waals surface area contributed by atoms with Gasteiger partial charge < -0.3 is 9.64 Å². The highest BCUT2D eigenvalue weighted by Crippen LogP contribution is 2.28. The van der Waals surface area contributed by atoms with Crippen molar-refractivity contribution in [2.24, 2.45) is 4.99 Å². The van der Waals surface area contributed by atoms with Crippen LogP contribution in [0.2, 0.25) is 0 Å². The second-order valence-electron chi connectivity index (χ2n) is 8.03. The van der Waals surface area contributed by atoms with Crippen LogP contribution in [0.25, 0.3) is 0 Å². The van der Waals surface area contributed by atoms with Gasteiger partial charge in [-0.15, -0.1) is 0 Å². The molecule has 1 fully saturated rings. The number of hydrogen-bond donors (Lipinski definition) is 0. The molecule has 6 nitrogen and oxygen atoms in total. The topological polar surface area (TPSA) is 53.9 Å². The first-order valence-electron chi connectivity index (χ1n) is 10.2. The van der Waals surface area contributed by atoms with E-state index in [0.717, 1.165) is 54.7 Å². The van der Waals surface area contributed by atoms with Crippen molar-refractivity contribution in [1.82, 2.24) is 14.9 Å². The van der Waals surface area contributed by atoms with Gasteiger partial charge in [0.05, 0.1) is 24.1 Å². The lowest BCUT2D eigenvalue weighted by molar-refractivity contribution is 0.209. The van der Waals surface area contributed by atoms with Crippen LogP contribution in [-0.2, 0) is 6.54 Å². The molecule has 1 saturated heterocycles. The summed E-state index contributed by atoms with van der Waals surface area (Å²) in [6.07, 6.45) is 1.81. The maximum Gasteiger partial charge on any atom is 0.132 e. The number of anilines is 1. The molecule has 6 heteroatoms. The summed E-state index contributed by atoms with van der Waals surface area (Å²) in [4.78, 5) is 18.7. The number of benzene rings is 1. The Bertz CT molecular complexity index is 869. The third-order valence-corrected chi connectivity index (χ3v) is 5.38. The molecule has 0 saturated carbocycles. The number of hydrogen-bond acceptors (Lipinski definition) is 6. The van der Waals surface area contributed by atoms with Crippen molar-refractivity contribution in [1.29, 1.82) is 0 Å². The highest BCUT2D eigenvalue weighted by Gasteiger charge is 2.23. The van der Waals surface area contributed by atoms with Gasteiger partial charge in [0, 0.05) is 43.9 Å². The van der Waals surface area contributed by atoms with E-state index in [0.29, 0.717) is 12.6 Å². The van der Waals surface area contributed by atoms with Crippen molar-refractivity contribution in [3.8, 4) is 5.75 Å². The Morgan fingerprint density at radius 3 is 2.46 bits per heavy atom.